The largest absolute Gasteiger partial charge is 0.450 e. The molecule has 0 saturated carbocycles. The van der Waals surface area contributed by atoms with E-state index in [9.17, 15) is 9.59 Å². The number of benzene rings is 1. The Morgan fingerprint density at radius 1 is 1.24 bits per heavy atom. The molecule has 106 valence electrons. The monoisotopic (exact) mass is 458 g/mol. The van der Waals surface area contributed by atoms with E-state index in [1.165, 1.54) is 11.1 Å². The zero-order valence-corrected chi connectivity index (χ0v) is 14.2. The van der Waals surface area contributed by atoms with Crippen molar-refractivity contribution in [2.45, 2.75) is 0 Å². The Morgan fingerprint density at radius 2 is 1.95 bits per heavy atom. The molecule has 1 aromatic carbocycles. The zero-order valence-electron chi connectivity index (χ0n) is 10.5. The maximum Gasteiger partial charge on any atom is 0.282 e. The first-order chi connectivity index (χ1) is 10.1. The van der Waals surface area contributed by atoms with Gasteiger partial charge in [-0.2, -0.15) is 0 Å². The van der Waals surface area contributed by atoms with Crippen LogP contribution in [-0.2, 0) is 9.59 Å². The summed E-state index contributed by atoms with van der Waals surface area (Å²) in [6.07, 6.45) is 1.44. The Hall–Kier alpha value is -1.61. The molecule has 1 saturated heterocycles. The molecule has 5 nitrogen and oxygen atoms in total. The number of nitrogens with zero attached hydrogens (tertiary/aromatic N) is 1. The van der Waals surface area contributed by atoms with Crippen LogP contribution in [-0.4, -0.2) is 11.8 Å². The van der Waals surface area contributed by atoms with Gasteiger partial charge in [0, 0.05) is 22.6 Å². The third kappa shape index (κ3) is 2.75. The van der Waals surface area contributed by atoms with Crippen molar-refractivity contribution in [2.75, 3.05) is 5.01 Å². The molecule has 1 aliphatic rings. The maximum atomic E-state index is 12.3. The van der Waals surface area contributed by atoms with Crippen LogP contribution < -0.4 is 10.4 Å². The highest BCUT2D eigenvalue weighted by molar-refractivity contribution is 14.1. The van der Waals surface area contributed by atoms with Crippen LogP contribution in [0.4, 0.5) is 5.69 Å². The Bertz CT molecular complexity index is 735. The number of hydrogen-bond acceptors (Lipinski definition) is 3. The van der Waals surface area contributed by atoms with Gasteiger partial charge in [-0.1, -0.05) is 18.2 Å². The number of anilines is 1. The summed E-state index contributed by atoms with van der Waals surface area (Å²) in [4.78, 5) is 24.3. The van der Waals surface area contributed by atoms with Crippen molar-refractivity contribution < 1.29 is 14.0 Å². The van der Waals surface area contributed by atoms with Crippen LogP contribution >= 0.6 is 38.5 Å². The number of halogens is 2. The quantitative estimate of drug-likeness (QED) is 0.427. The molecular weight excluding hydrogens is 451 g/mol. The van der Waals surface area contributed by atoms with Crippen molar-refractivity contribution in [3.63, 3.8) is 0 Å². The van der Waals surface area contributed by atoms with Crippen molar-refractivity contribution in [1.29, 1.82) is 0 Å². The number of nitrogens with one attached hydrogen (secondary N) is 1. The molecule has 1 N–H and O–H groups in total. The molecule has 2 amide bonds. The molecule has 7 heteroatoms. The summed E-state index contributed by atoms with van der Waals surface area (Å²) in [6.45, 7) is 0. The molecule has 0 unspecified atom stereocenters. The normalized spacial score (nSPS) is 16.7. The summed E-state index contributed by atoms with van der Waals surface area (Å²) in [5, 5.41) is 1.22. The van der Waals surface area contributed by atoms with E-state index < -0.39 is 11.8 Å². The summed E-state index contributed by atoms with van der Waals surface area (Å²) in [5.41, 5.74) is 3.18. The predicted octanol–water partition coefficient (Wildman–Crippen LogP) is 3.11. The standard InChI is InChI=1S/C14H8BrIN2O3/c15-11-7-9(21-12(11)16)6-10-13(19)17-18(14(10)20)8-4-2-1-3-5-8/h1-7H,(H,17,19). The minimum absolute atomic E-state index is 0.0384. The van der Waals surface area contributed by atoms with E-state index in [2.05, 4.69) is 21.4 Å². The highest BCUT2D eigenvalue weighted by Crippen LogP contribution is 2.26. The van der Waals surface area contributed by atoms with E-state index in [-0.39, 0.29) is 5.57 Å². The average Bonchev–Trinajstić information content (AvgIpc) is 2.94. The number of carbonyl (C=O) groups is 2. The van der Waals surface area contributed by atoms with Gasteiger partial charge in [0.25, 0.3) is 11.8 Å². The molecule has 1 fully saturated rings. The number of amides is 2. The van der Waals surface area contributed by atoms with Crippen molar-refractivity contribution in [3.05, 3.63) is 56.0 Å². The van der Waals surface area contributed by atoms with Gasteiger partial charge in [-0.25, -0.2) is 5.01 Å². The molecule has 2 aromatic rings. The predicted molar refractivity (Wildman–Crippen MR) is 89.2 cm³/mol. The smallest absolute Gasteiger partial charge is 0.282 e. The number of hydrazine groups is 1. The van der Waals surface area contributed by atoms with Crippen LogP contribution in [0.25, 0.3) is 6.08 Å². The van der Waals surface area contributed by atoms with Gasteiger partial charge in [-0.05, 0) is 40.2 Å². The van der Waals surface area contributed by atoms with Gasteiger partial charge in [0.1, 0.15) is 11.3 Å². The minimum Gasteiger partial charge on any atom is -0.450 e. The van der Waals surface area contributed by atoms with Gasteiger partial charge in [-0.15, -0.1) is 0 Å². The summed E-state index contributed by atoms with van der Waals surface area (Å²) >= 11 is 5.33. The van der Waals surface area contributed by atoms with Gasteiger partial charge in [-0.3, -0.25) is 15.0 Å². The molecule has 0 atom stereocenters. The van der Waals surface area contributed by atoms with Crippen LogP contribution in [0.3, 0.4) is 0 Å². The first-order valence-electron chi connectivity index (χ1n) is 5.93. The molecule has 1 aliphatic heterocycles. The SMILES string of the molecule is O=C1NN(c2ccccc2)C(=O)C1=Cc1cc(Br)c(I)o1. The fourth-order valence-corrected chi connectivity index (χ4v) is 2.61. The van der Waals surface area contributed by atoms with E-state index in [1.54, 1.807) is 30.3 Å². The lowest BCUT2D eigenvalue weighted by Gasteiger charge is -2.13. The van der Waals surface area contributed by atoms with Gasteiger partial charge in [0.2, 0.25) is 0 Å². The number of furan rings is 1. The van der Waals surface area contributed by atoms with E-state index >= 15 is 0 Å². The average molecular weight is 459 g/mol. The van der Waals surface area contributed by atoms with Crippen molar-refractivity contribution in [1.82, 2.24) is 5.43 Å². The highest BCUT2D eigenvalue weighted by atomic mass is 127. The Balaban J connectivity index is 1.94. The van der Waals surface area contributed by atoms with Crippen LogP contribution in [0.15, 0.2) is 50.9 Å². The first-order valence-corrected chi connectivity index (χ1v) is 7.80. The maximum absolute atomic E-state index is 12.3. The van der Waals surface area contributed by atoms with E-state index in [4.69, 9.17) is 4.42 Å². The van der Waals surface area contributed by atoms with Gasteiger partial charge in [0.15, 0.2) is 3.77 Å². The van der Waals surface area contributed by atoms with E-state index in [0.717, 1.165) is 4.47 Å². The van der Waals surface area contributed by atoms with Crippen LogP contribution in [0.1, 0.15) is 5.76 Å². The van der Waals surface area contributed by atoms with E-state index in [0.29, 0.717) is 15.2 Å². The van der Waals surface area contributed by atoms with E-state index in [1.807, 2.05) is 28.7 Å². The molecule has 3 rings (SSSR count). The van der Waals surface area contributed by atoms with Crippen LogP contribution in [0.5, 0.6) is 0 Å². The molecule has 0 bridgehead atoms. The number of carbonyl (C=O) groups excluding carboxylic acids is 2. The second-order valence-corrected chi connectivity index (χ2v) is 6.08. The zero-order chi connectivity index (χ0) is 15.0. The second kappa shape index (κ2) is 5.64. The molecule has 0 aliphatic carbocycles. The number of para-hydroxylation sites is 1. The third-order valence-electron chi connectivity index (χ3n) is 2.86. The topological polar surface area (TPSA) is 62.6 Å². The van der Waals surface area contributed by atoms with Gasteiger partial charge >= 0.3 is 0 Å². The van der Waals surface area contributed by atoms with Gasteiger partial charge in [0.05, 0.1) is 10.2 Å². The van der Waals surface area contributed by atoms with Crippen molar-refractivity contribution in [2.24, 2.45) is 0 Å². The molecule has 2 heterocycles. The van der Waals surface area contributed by atoms with Gasteiger partial charge < -0.3 is 4.42 Å². The molecule has 21 heavy (non-hydrogen) atoms. The Morgan fingerprint density at radius 3 is 2.57 bits per heavy atom. The number of hydrogen-bond donors (Lipinski definition) is 1. The fraction of sp³-hybridized carbons (Fsp3) is 0. The lowest BCUT2D eigenvalue weighted by atomic mass is 10.2. The molecule has 0 radical (unpaired) electrons. The minimum atomic E-state index is -0.452. The van der Waals surface area contributed by atoms with Crippen LogP contribution in [0, 0.1) is 3.77 Å². The van der Waals surface area contributed by atoms with Crippen molar-refractivity contribution >= 4 is 62.1 Å². The summed E-state index contributed by atoms with van der Waals surface area (Å²) in [7, 11) is 0. The lowest BCUT2D eigenvalue weighted by molar-refractivity contribution is -0.117. The first kappa shape index (κ1) is 14.3. The van der Waals surface area contributed by atoms with Crippen molar-refractivity contribution in [3.8, 4) is 0 Å². The third-order valence-corrected chi connectivity index (χ3v) is 4.99. The second-order valence-electron chi connectivity index (χ2n) is 4.25. The lowest BCUT2D eigenvalue weighted by Crippen LogP contribution is -2.35. The number of rotatable bonds is 2. The Kier molecular flexibility index (Phi) is 3.85. The highest BCUT2D eigenvalue weighted by Gasteiger charge is 2.34. The fourth-order valence-electron chi connectivity index (χ4n) is 1.89. The summed E-state index contributed by atoms with van der Waals surface area (Å²) < 4.78 is 6.86. The molecule has 0 spiro atoms. The summed E-state index contributed by atoms with van der Waals surface area (Å²) in [6, 6.07) is 10.6. The summed E-state index contributed by atoms with van der Waals surface area (Å²) in [5.74, 6) is -0.417. The van der Waals surface area contributed by atoms with Crippen LogP contribution in [0.2, 0.25) is 0 Å². The molecule has 1 aromatic heterocycles. The molecular formula is C14H8BrIN2O3. The Labute approximate surface area is 142 Å².